The summed E-state index contributed by atoms with van der Waals surface area (Å²) in [5, 5.41) is 11.9. The molecule has 4 nitrogen and oxygen atoms in total. The average Bonchev–Trinajstić information content (AvgIpc) is 3.67. The van der Waals surface area contributed by atoms with E-state index in [1.807, 2.05) is 129 Å². The van der Waals surface area contributed by atoms with E-state index in [0.717, 1.165) is 83.6 Å². The van der Waals surface area contributed by atoms with Gasteiger partial charge in [0.25, 0.3) is 0 Å². The molecule has 0 unspecified atom stereocenters. The molecule has 0 atom stereocenters. The van der Waals surface area contributed by atoms with Crippen molar-refractivity contribution in [2.75, 3.05) is 0 Å². The zero-order chi connectivity index (χ0) is 43.3. The second kappa shape index (κ2) is 15.0. The van der Waals surface area contributed by atoms with E-state index in [0.29, 0.717) is 17.0 Å². The summed E-state index contributed by atoms with van der Waals surface area (Å²) < 4.78 is 28.3. The van der Waals surface area contributed by atoms with Crippen LogP contribution in [0.15, 0.2) is 170 Å². The van der Waals surface area contributed by atoms with Crippen molar-refractivity contribution in [3.63, 3.8) is 0 Å². The number of pyridine rings is 1. The van der Waals surface area contributed by atoms with Gasteiger partial charge < -0.3 is 5.11 Å². The first kappa shape index (κ1) is 34.0. The zero-order valence-corrected chi connectivity index (χ0v) is 34.0. The maximum atomic E-state index is 11.9. The molecular weight excluding hydrogens is 719 g/mol. The smallest absolute Gasteiger partial charge is 0.149 e. The quantitative estimate of drug-likeness (QED) is 0.176. The van der Waals surface area contributed by atoms with Gasteiger partial charge in [0.15, 0.2) is 0 Å². The number of fused-ring (bicyclic) bond motifs is 1. The van der Waals surface area contributed by atoms with Gasteiger partial charge in [-0.3, -0.25) is 9.55 Å². The number of nitrogens with zero attached hydrogens (tertiary/aromatic N) is 3. The topological polar surface area (TPSA) is 50.9 Å². The number of phenols is 1. The predicted molar refractivity (Wildman–Crippen MR) is 246 cm³/mol. The van der Waals surface area contributed by atoms with Crippen molar-refractivity contribution in [1.29, 1.82) is 0 Å². The molecule has 4 heteroatoms. The van der Waals surface area contributed by atoms with Crippen LogP contribution in [-0.4, -0.2) is 19.6 Å². The number of imidazole rings is 1. The number of aryl methyl sites for hydroxylation is 3. The lowest BCUT2D eigenvalue weighted by atomic mass is 9.83. The highest BCUT2D eigenvalue weighted by molar-refractivity contribution is 5.98. The summed E-state index contributed by atoms with van der Waals surface area (Å²) in [6.07, 6.45) is 1.87. The first-order valence-electron chi connectivity index (χ1n) is 21.5. The highest BCUT2D eigenvalue weighted by atomic mass is 16.3. The van der Waals surface area contributed by atoms with Gasteiger partial charge in [-0.1, -0.05) is 136 Å². The molecule has 2 heterocycles. The third-order valence-electron chi connectivity index (χ3n) is 11.2. The van der Waals surface area contributed by atoms with Crippen LogP contribution in [0.1, 0.15) is 47.1 Å². The standard InChI is InChI=1S/C55H47N3O/c1-35-27-37(3)53(59)48(28-35)54-57-52-45(42-30-43(32-44(31-42)55(4,5)6)49-33-41(25-26-56-49)38-17-10-7-11-18-38)23-16-24-50(52)58(54)51-34-46(39-19-12-8-13-20-39)36(2)29-47(51)40-21-14-9-15-22-40/h7-34,59H,1-6H3/i2D3. The number of hydrogen-bond acceptors (Lipinski definition) is 3. The van der Waals surface area contributed by atoms with Gasteiger partial charge in [-0.25, -0.2) is 4.98 Å². The fourth-order valence-electron chi connectivity index (χ4n) is 8.13. The van der Waals surface area contributed by atoms with E-state index in [1.54, 1.807) is 0 Å². The normalized spacial score (nSPS) is 12.6. The summed E-state index contributed by atoms with van der Waals surface area (Å²) in [6.45, 7) is 8.17. The van der Waals surface area contributed by atoms with Gasteiger partial charge in [0.2, 0.25) is 0 Å². The first-order chi connectivity index (χ1) is 29.7. The summed E-state index contributed by atoms with van der Waals surface area (Å²) in [6, 6.07) is 54.7. The third kappa shape index (κ3) is 7.12. The van der Waals surface area contributed by atoms with E-state index in [4.69, 9.17) is 14.1 Å². The van der Waals surface area contributed by atoms with Crippen LogP contribution in [0.3, 0.4) is 0 Å². The zero-order valence-electron chi connectivity index (χ0n) is 37.0. The first-order valence-corrected chi connectivity index (χ1v) is 20.0. The van der Waals surface area contributed by atoms with Crippen LogP contribution in [0.2, 0.25) is 0 Å². The van der Waals surface area contributed by atoms with E-state index >= 15 is 0 Å². The van der Waals surface area contributed by atoms with Crippen LogP contribution in [0.4, 0.5) is 0 Å². The second-order valence-corrected chi connectivity index (χ2v) is 16.4. The summed E-state index contributed by atoms with van der Waals surface area (Å²) in [4.78, 5) is 10.4. The van der Waals surface area contributed by atoms with E-state index < -0.39 is 6.85 Å². The van der Waals surface area contributed by atoms with Crippen LogP contribution in [0, 0.1) is 20.7 Å². The number of para-hydroxylation sites is 1. The second-order valence-electron chi connectivity index (χ2n) is 16.4. The fraction of sp³-hybridized carbons (Fsp3) is 0.127. The van der Waals surface area contributed by atoms with Crippen molar-refractivity contribution in [2.24, 2.45) is 0 Å². The molecule has 0 aliphatic carbocycles. The molecule has 9 aromatic rings. The molecule has 0 bridgehead atoms. The van der Waals surface area contributed by atoms with Gasteiger partial charge >= 0.3 is 0 Å². The number of phenolic OH excluding ortho intramolecular Hbond substituents is 1. The van der Waals surface area contributed by atoms with Crippen LogP contribution < -0.4 is 0 Å². The van der Waals surface area contributed by atoms with E-state index in [1.165, 1.54) is 0 Å². The van der Waals surface area contributed by atoms with Gasteiger partial charge in [0.1, 0.15) is 11.6 Å². The van der Waals surface area contributed by atoms with Gasteiger partial charge in [0.05, 0.1) is 28.0 Å². The van der Waals surface area contributed by atoms with E-state index in [-0.39, 0.29) is 16.7 Å². The van der Waals surface area contributed by atoms with Gasteiger partial charge in [0, 0.05) is 27.0 Å². The van der Waals surface area contributed by atoms with Crippen molar-refractivity contribution in [3.8, 4) is 78.6 Å². The van der Waals surface area contributed by atoms with E-state index in [9.17, 15) is 5.11 Å². The number of hydrogen-bond donors (Lipinski definition) is 1. The minimum Gasteiger partial charge on any atom is -0.507 e. The Labute approximate surface area is 351 Å². The van der Waals surface area contributed by atoms with Crippen molar-refractivity contribution in [2.45, 2.75) is 46.9 Å². The molecule has 288 valence electrons. The monoisotopic (exact) mass is 768 g/mol. The van der Waals surface area contributed by atoms with Gasteiger partial charge in [-0.2, -0.15) is 0 Å². The Morgan fingerprint density at radius 3 is 1.88 bits per heavy atom. The Morgan fingerprint density at radius 2 is 1.20 bits per heavy atom. The molecule has 9 rings (SSSR count). The summed E-state index contributed by atoms with van der Waals surface area (Å²) in [7, 11) is 0. The number of aromatic nitrogens is 3. The Bertz CT molecular complexity index is 3110. The SMILES string of the molecule is [2H]C([2H])([2H])c1cc(-c2ccccc2)c(-n2c(-c3cc(C)cc(C)c3O)nc3c(-c4cc(-c5cc(-c6ccccc6)ccn5)cc(C(C)(C)C)c4)cccc32)cc1-c1ccccc1. The molecule has 1 N–H and O–H groups in total. The lowest BCUT2D eigenvalue weighted by molar-refractivity contribution is 0.472. The van der Waals surface area contributed by atoms with Crippen molar-refractivity contribution in [1.82, 2.24) is 14.5 Å². The molecule has 0 fully saturated rings. The molecule has 0 saturated heterocycles. The van der Waals surface area contributed by atoms with Crippen molar-refractivity contribution in [3.05, 3.63) is 192 Å². The van der Waals surface area contributed by atoms with Crippen molar-refractivity contribution >= 4 is 11.0 Å². The minimum absolute atomic E-state index is 0.138. The Morgan fingerprint density at radius 1 is 0.542 bits per heavy atom. The molecular formula is C55H47N3O. The number of aromatic hydroxyl groups is 1. The predicted octanol–water partition coefficient (Wildman–Crippen LogP) is 14.4. The minimum atomic E-state index is -2.41. The van der Waals surface area contributed by atoms with E-state index in [2.05, 4.69) is 79.9 Å². The largest absolute Gasteiger partial charge is 0.507 e. The Balaban J connectivity index is 1.37. The summed E-state index contributed by atoms with van der Waals surface area (Å²) in [5.41, 5.74) is 14.7. The lowest BCUT2D eigenvalue weighted by Gasteiger charge is -2.22. The van der Waals surface area contributed by atoms with Crippen LogP contribution in [0.5, 0.6) is 5.75 Å². The summed E-state index contributed by atoms with van der Waals surface area (Å²) >= 11 is 0. The molecule has 0 radical (unpaired) electrons. The number of benzene rings is 7. The Kier molecular flexibility index (Phi) is 8.68. The van der Waals surface area contributed by atoms with Crippen LogP contribution in [-0.2, 0) is 5.41 Å². The highest BCUT2D eigenvalue weighted by Crippen LogP contribution is 2.44. The molecule has 0 amide bonds. The molecule has 0 saturated carbocycles. The maximum Gasteiger partial charge on any atom is 0.149 e. The van der Waals surface area contributed by atoms with Crippen LogP contribution >= 0.6 is 0 Å². The third-order valence-corrected chi connectivity index (χ3v) is 11.2. The molecule has 59 heavy (non-hydrogen) atoms. The molecule has 0 aliphatic heterocycles. The average molecular weight is 769 g/mol. The molecule has 7 aromatic carbocycles. The van der Waals surface area contributed by atoms with Gasteiger partial charge in [-0.05, 0) is 130 Å². The molecule has 0 spiro atoms. The summed E-state index contributed by atoms with van der Waals surface area (Å²) in [5.74, 6) is 0.678. The molecule has 0 aliphatic rings. The number of rotatable bonds is 7. The van der Waals surface area contributed by atoms with Gasteiger partial charge in [-0.15, -0.1) is 0 Å². The Hall–Kier alpha value is -7.04. The molecule has 2 aromatic heterocycles. The highest BCUT2D eigenvalue weighted by Gasteiger charge is 2.25. The maximum absolute atomic E-state index is 11.9. The lowest BCUT2D eigenvalue weighted by Crippen LogP contribution is -2.11. The van der Waals surface area contributed by atoms with Crippen molar-refractivity contribution < 1.29 is 9.22 Å². The van der Waals surface area contributed by atoms with Crippen LogP contribution in [0.25, 0.3) is 83.9 Å². The fourth-order valence-corrected chi connectivity index (χ4v) is 8.13.